The SMILES string of the molecule is CCCCCCCCCCCCCCCCCCCCCC(=O)O[C@@H]1[C@@H](O)[C@@H](O[C@H]2O[C@H](CO)[C@@H](O)[C@H](O)[C@H]2O)O[C@H](CO)[C@H]1OC(=O)CCCCCCCCCCCCCCCCCCCCC. The number of carbonyl (C=O) groups excluding carboxylic acids is 2. The fourth-order valence-corrected chi connectivity index (χ4v) is 9.86. The summed E-state index contributed by atoms with van der Waals surface area (Å²) in [6, 6.07) is 0. The Morgan fingerprint density at radius 3 is 0.942 bits per heavy atom. The van der Waals surface area contributed by atoms with Crippen molar-refractivity contribution in [3.63, 3.8) is 0 Å². The Morgan fingerprint density at radius 1 is 0.348 bits per heavy atom. The molecule has 13 nitrogen and oxygen atoms in total. The minimum atomic E-state index is -1.80. The van der Waals surface area contributed by atoms with Gasteiger partial charge in [0.1, 0.15) is 36.6 Å². The molecule has 2 rings (SSSR count). The summed E-state index contributed by atoms with van der Waals surface area (Å²) in [7, 11) is 0. The lowest BCUT2D eigenvalue weighted by Crippen LogP contribution is -2.65. The van der Waals surface area contributed by atoms with E-state index in [0.29, 0.717) is 12.8 Å². The number of aliphatic hydroxyl groups excluding tert-OH is 6. The quantitative estimate of drug-likeness (QED) is 0.0249. The molecule has 0 amide bonds. The predicted molar refractivity (Wildman–Crippen MR) is 272 cm³/mol. The summed E-state index contributed by atoms with van der Waals surface area (Å²) in [5.41, 5.74) is 0. The topological polar surface area (TPSA) is 202 Å². The van der Waals surface area contributed by atoms with Gasteiger partial charge >= 0.3 is 11.9 Å². The summed E-state index contributed by atoms with van der Waals surface area (Å²) in [6.45, 7) is 3.14. The van der Waals surface area contributed by atoms with E-state index in [1.165, 1.54) is 193 Å². The Bertz CT molecular complexity index is 1190. The van der Waals surface area contributed by atoms with Crippen molar-refractivity contribution in [2.24, 2.45) is 0 Å². The Labute approximate surface area is 419 Å². The summed E-state index contributed by atoms with van der Waals surface area (Å²) in [5, 5.41) is 62.7. The van der Waals surface area contributed by atoms with Gasteiger partial charge in [-0.3, -0.25) is 9.59 Å². The average molecular weight is 987 g/mol. The molecule has 0 aromatic heterocycles. The van der Waals surface area contributed by atoms with Crippen LogP contribution < -0.4 is 0 Å². The molecule has 10 atom stereocenters. The van der Waals surface area contributed by atoms with Gasteiger partial charge < -0.3 is 54.3 Å². The number of carbonyl (C=O) groups is 2. The van der Waals surface area contributed by atoms with Crippen LogP contribution in [0.15, 0.2) is 0 Å². The van der Waals surface area contributed by atoms with Gasteiger partial charge in [0, 0.05) is 12.8 Å². The molecule has 0 aromatic carbocycles. The molecule has 408 valence electrons. The van der Waals surface area contributed by atoms with E-state index >= 15 is 0 Å². The highest BCUT2D eigenvalue weighted by molar-refractivity contribution is 5.70. The van der Waals surface area contributed by atoms with Gasteiger partial charge in [-0.05, 0) is 12.8 Å². The molecule has 2 fully saturated rings. The second kappa shape index (κ2) is 43.0. The van der Waals surface area contributed by atoms with Gasteiger partial charge in [-0.15, -0.1) is 0 Å². The summed E-state index contributed by atoms with van der Waals surface area (Å²) >= 11 is 0. The largest absolute Gasteiger partial charge is 0.455 e. The first-order valence-corrected chi connectivity index (χ1v) is 29.0. The molecular weight excluding hydrogens is 881 g/mol. The van der Waals surface area contributed by atoms with E-state index in [1.807, 2.05) is 0 Å². The van der Waals surface area contributed by atoms with Crippen LogP contribution in [0.25, 0.3) is 0 Å². The summed E-state index contributed by atoms with van der Waals surface area (Å²) in [5.74, 6) is -1.19. The molecule has 0 saturated carbocycles. The first-order valence-electron chi connectivity index (χ1n) is 29.0. The molecule has 0 aromatic rings. The third-order valence-corrected chi connectivity index (χ3v) is 14.4. The van der Waals surface area contributed by atoms with Crippen LogP contribution in [-0.2, 0) is 33.3 Å². The molecule has 0 aliphatic carbocycles. The lowest BCUT2D eigenvalue weighted by Gasteiger charge is -2.46. The molecule has 0 radical (unpaired) electrons. The van der Waals surface area contributed by atoms with E-state index in [0.717, 1.165) is 38.5 Å². The van der Waals surface area contributed by atoms with Crippen LogP contribution in [0.2, 0.25) is 0 Å². The third-order valence-electron chi connectivity index (χ3n) is 14.4. The predicted octanol–water partition coefficient (Wildman–Crippen LogP) is 11.3. The van der Waals surface area contributed by atoms with Gasteiger partial charge in [-0.1, -0.05) is 245 Å². The Balaban J connectivity index is 1.73. The van der Waals surface area contributed by atoms with Crippen molar-refractivity contribution in [3.8, 4) is 0 Å². The molecular formula is C56H106O13. The van der Waals surface area contributed by atoms with Crippen LogP contribution in [0.4, 0.5) is 0 Å². The van der Waals surface area contributed by atoms with Gasteiger partial charge in [-0.25, -0.2) is 0 Å². The minimum absolute atomic E-state index is 0.0744. The van der Waals surface area contributed by atoms with Crippen molar-refractivity contribution in [3.05, 3.63) is 0 Å². The van der Waals surface area contributed by atoms with E-state index in [1.54, 1.807) is 0 Å². The number of aliphatic hydroxyl groups is 6. The van der Waals surface area contributed by atoms with E-state index in [2.05, 4.69) is 13.8 Å². The van der Waals surface area contributed by atoms with Crippen molar-refractivity contribution in [2.45, 2.75) is 332 Å². The number of unbranched alkanes of at least 4 members (excludes halogenated alkanes) is 36. The van der Waals surface area contributed by atoms with Crippen LogP contribution >= 0.6 is 0 Å². The number of esters is 2. The molecule has 2 saturated heterocycles. The van der Waals surface area contributed by atoms with Crippen LogP contribution in [0.1, 0.15) is 271 Å². The number of hydrogen-bond acceptors (Lipinski definition) is 13. The zero-order valence-electron chi connectivity index (χ0n) is 44.0. The maximum atomic E-state index is 13.3. The smallest absolute Gasteiger partial charge is 0.306 e. The van der Waals surface area contributed by atoms with Crippen molar-refractivity contribution in [1.29, 1.82) is 0 Å². The Kier molecular flexibility index (Phi) is 39.7. The van der Waals surface area contributed by atoms with Crippen molar-refractivity contribution < 1.29 is 63.9 Å². The van der Waals surface area contributed by atoms with Gasteiger partial charge in [0.2, 0.25) is 0 Å². The van der Waals surface area contributed by atoms with Crippen LogP contribution in [0, 0.1) is 0 Å². The standard InChI is InChI=1S/C56H106O13/c1-3-5-7-9-11-13-15-17-19-21-23-25-27-29-31-33-35-37-39-41-47(59)67-53-46(44-58)66-56(69-55-51(63)50(62)49(61)45(43-57)65-55)52(64)54(53)68-48(60)42-40-38-36-34-32-30-28-26-24-22-20-18-16-14-12-10-8-6-4-2/h45-46,49-58,61-64H,3-44H2,1-2H3/t45-,46-,49-,50+,51-,52-,53-,54-,55-,56-/m1/s1. The molecule has 2 aliphatic heterocycles. The van der Waals surface area contributed by atoms with E-state index in [-0.39, 0.29) is 12.8 Å². The highest BCUT2D eigenvalue weighted by Gasteiger charge is 2.53. The maximum Gasteiger partial charge on any atom is 0.306 e. The molecule has 2 aliphatic rings. The van der Waals surface area contributed by atoms with Crippen molar-refractivity contribution in [2.75, 3.05) is 13.2 Å². The summed E-state index contributed by atoms with van der Waals surface area (Å²) in [6.07, 6.45) is 31.5. The van der Waals surface area contributed by atoms with Gasteiger partial charge in [0.05, 0.1) is 13.2 Å². The maximum absolute atomic E-state index is 13.3. The molecule has 0 unspecified atom stereocenters. The fraction of sp³-hybridized carbons (Fsp3) is 0.964. The number of ether oxygens (including phenoxy) is 5. The van der Waals surface area contributed by atoms with Gasteiger partial charge in [0.15, 0.2) is 24.8 Å². The first-order chi connectivity index (χ1) is 33.7. The van der Waals surface area contributed by atoms with Crippen molar-refractivity contribution in [1.82, 2.24) is 0 Å². The molecule has 0 spiro atoms. The normalized spacial score (nSPS) is 25.0. The van der Waals surface area contributed by atoms with Gasteiger partial charge in [-0.2, -0.15) is 0 Å². The monoisotopic (exact) mass is 987 g/mol. The van der Waals surface area contributed by atoms with E-state index in [4.69, 9.17) is 23.7 Å². The highest BCUT2D eigenvalue weighted by atomic mass is 16.8. The molecule has 69 heavy (non-hydrogen) atoms. The van der Waals surface area contributed by atoms with Gasteiger partial charge in [0.25, 0.3) is 0 Å². The van der Waals surface area contributed by atoms with E-state index in [9.17, 15) is 40.2 Å². The lowest BCUT2D eigenvalue weighted by molar-refractivity contribution is -0.376. The summed E-state index contributed by atoms with van der Waals surface area (Å²) in [4.78, 5) is 26.5. The van der Waals surface area contributed by atoms with Crippen LogP contribution in [0.3, 0.4) is 0 Å². The minimum Gasteiger partial charge on any atom is -0.455 e. The highest BCUT2D eigenvalue weighted by Crippen LogP contribution is 2.32. The Morgan fingerprint density at radius 2 is 0.623 bits per heavy atom. The molecule has 2 heterocycles. The second-order valence-electron chi connectivity index (χ2n) is 20.7. The number of hydrogen-bond donors (Lipinski definition) is 6. The molecule has 0 bridgehead atoms. The number of rotatable bonds is 46. The zero-order valence-corrected chi connectivity index (χ0v) is 44.0. The zero-order chi connectivity index (χ0) is 50.2. The molecule has 6 N–H and O–H groups in total. The third kappa shape index (κ3) is 29.8. The molecule has 13 heteroatoms. The van der Waals surface area contributed by atoms with Crippen LogP contribution in [-0.4, -0.2) is 117 Å². The fourth-order valence-electron chi connectivity index (χ4n) is 9.86. The second-order valence-corrected chi connectivity index (χ2v) is 20.7. The van der Waals surface area contributed by atoms with Crippen molar-refractivity contribution >= 4 is 11.9 Å². The Hall–Kier alpha value is -1.42. The average Bonchev–Trinajstić information content (AvgIpc) is 3.34. The lowest BCUT2D eigenvalue weighted by atomic mass is 9.97. The first kappa shape index (κ1) is 63.7. The summed E-state index contributed by atoms with van der Waals surface area (Å²) < 4.78 is 28.6. The van der Waals surface area contributed by atoms with E-state index < -0.39 is 86.6 Å². The van der Waals surface area contributed by atoms with Crippen LogP contribution in [0.5, 0.6) is 0 Å².